The Bertz CT molecular complexity index is 1130. The average molecular weight is 386 g/mol. The molecule has 0 unspecified atom stereocenters. The molecule has 1 amide bonds. The second-order valence-corrected chi connectivity index (χ2v) is 5.72. The van der Waals surface area contributed by atoms with Gasteiger partial charge in [0.25, 0.3) is 11.5 Å². The molecule has 0 aliphatic rings. The number of carbonyl (C=O) groups is 1. The number of nitro groups is 1. The molecule has 8 nitrogen and oxygen atoms in total. The van der Waals surface area contributed by atoms with Crippen LogP contribution in [-0.4, -0.2) is 20.6 Å². The number of hydrogen-bond donors (Lipinski definition) is 1. The molecule has 0 fully saturated rings. The maximum atomic E-state index is 13.4. The van der Waals surface area contributed by atoms with E-state index in [0.29, 0.717) is 5.56 Å². The lowest BCUT2D eigenvalue weighted by Gasteiger charge is -2.08. The number of rotatable bonds is 5. The molecular weight excluding hydrogens is 374 g/mol. The summed E-state index contributed by atoms with van der Waals surface area (Å²) in [4.78, 5) is 34.2. The third kappa shape index (κ3) is 4.23. The molecule has 0 saturated heterocycles. The maximum absolute atomic E-state index is 13.4. The summed E-state index contributed by atoms with van der Waals surface area (Å²) < 4.78 is 27.7. The van der Waals surface area contributed by atoms with Gasteiger partial charge in [0, 0.05) is 17.8 Å². The molecule has 1 heterocycles. The number of aromatic nitrogens is 2. The van der Waals surface area contributed by atoms with Crippen molar-refractivity contribution in [1.29, 1.82) is 0 Å². The zero-order chi connectivity index (χ0) is 20.3. The largest absolute Gasteiger partial charge is 0.320 e. The van der Waals surface area contributed by atoms with Crippen molar-refractivity contribution in [3.8, 4) is 0 Å². The molecule has 0 aliphatic heterocycles. The second kappa shape index (κ2) is 7.74. The molecule has 0 spiro atoms. The number of nitro benzene ring substituents is 1. The van der Waals surface area contributed by atoms with Crippen LogP contribution < -0.4 is 10.9 Å². The third-order valence-corrected chi connectivity index (χ3v) is 3.72. The number of anilines is 1. The van der Waals surface area contributed by atoms with Crippen LogP contribution in [-0.2, 0) is 6.54 Å². The van der Waals surface area contributed by atoms with Crippen molar-refractivity contribution in [2.75, 3.05) is 5.32 Å². The first-order valence-electron chi connectivity index (χ1n) is 7.91. The molecule has 3 aromatic rings. The van der Waals surface area contributed by atoms with Crippen LogP contribution in [0.5, 0.6) is 0 Å². The van der Waals surface area contributed by atoms with E-state index in [2.05, 4.69) is 10.4 Å². The molecule has 3 rings (SSSR count). The van der Waals surface area contributed by atoms with Crippen LogP contribution in [0, 0.1) is 21.7 Å². The first-order chi connectivity index (χ1) is 13.3. The standard InChI is InChI=1S/C18H12F2N4O4/c19-12-3-1-2-11(8-12)10-23-17(25)7-6-15(22-23)18(26)21-13-4-5-14(20)16(9-13)24(27)28/h1-9H,10H2,(H,21,26). The van der Waals surface area contributed by atoms with E-state index in [-0.39, 0.29) is 17.9 Å². The van der Waals surface area contributed by atoms with E-state index in [1.54, 1.807) is 6.07 Å². The normalized spacial score (nSPS) is 10.5. The quantitative estimate of drug-likeness (QED) is 0.536. The van der Waals surface area contributed by atoms with E-state index in [1.807, 2.05) is 0 Å². The molecule has 1 aromatic heterocycles. The van der Waals surface area contributed by atoms with Gasteiger partial charge in [0.2, 0.25) is 5.82 Å². The smallest absolute Gasteiger partial charge is 0.306 e. The molecule has 0 atom stereocenters. The molecule has 28 heavy (non-hydrogen) atoms. The topological polar surface area (TPSA) is 107 Å². The summed E-state index contributed by atoms with van der Waals surface area (Å²) in [6.07, 6.45) is 0. The van der Waals surface area contributed by atoms with Crippen LogP contribution in [0.1, 0.15) is 16.1 Å². The Morgan fingerprint density at radius 3 is 2.64 bits per heavy atom. The minimum absolute atomic E-state index is 0.0113. The predicted molar refractivity (Wildman–Crippen MR) is 95.0 cm³/mol. The molecule has 10 heteroatoms. The van der Waals surface area contributed by atoms with Crippen LogP contribution in [0.3, 0.4) is 0 Å². The van der Waals surface area contributed by atoms with Crippen LogP contribution in [0.2, 0.25) is 0 Å². The van der Waals surface area contributed by atoms with Crippen molar-refractivity contribution in [3.05, 3.63) is 98.0 Å². The summed E-state index contributed by atoms with van der Waals surface area (Å²) >= 11 is 0. The zero-order valence-electron chi connectivity index (χ0n) is 14.1. The van der Waals surface area contributed by atoms with Gasteiger partial charge in [-0.2, -0.15) is 9.49 Å². The van der Waals surface area contributed by atoms with E-state index in [0.717, 1.165) is 28.9 Å². The average Bonchev–Trinajstić information content (AvgIpc) is 2.65. The van der Waals surface area contributed by atoms with Gasteiger partial charge in [-0.05, 0) is 35.9 Å². The predicted octanol–water partition coefficient (Wildman–Crippen LogP) is 2.73. The minimum atomic E-state index is -1.04. The fraction of sp³-hybridized carbons (Fsp3) is 0.0556. The van der Waals surface area contributed by atoms with Crippen molar-refractivity contribution in [2.24, 2.45) is 0 Å². The Balaban J connectivity index is 1.84. The lowest BCUT2D eigenvalue weighted by molar-refractivity contribution is -0.387. The van der Waals surface area contributed by atoms with Gasteiger partial charge in [-0.3, -0.25) is 19.7 Å². The highest BCUT2D eigenvalue weighted by Gasteiger charge is 2.17. The summed E-state index contributed by atoms with van der Waals surface area (Å²) in [6, 6.07) is 10.7. The first kappa shape index (κ1) is 18.8. The van der Waals surface area contributed by atoms with Gasteiger partial charge < -0.3 is 5.32 Å². The summed E-state index contributed by atoms with van der Waals surface area (Å²) in [5, 5.41) is 17.1. The second-order valence-electron chi connectivity index (χ2n) is 5.72. The van der Waals surface area contributed by atoms with Crippen LogP contribution in [0.4, 0.5) is 20.2 Å². The van der Waals surface area contributed by atoms with Gasteiger partial charge in [-0.25, -0.2) is 9.07 Å². The third-order valence-electron chi connectivity index (χ3n) is 3.72. The van der Waals surface area contributed by atoms with Gasteiger partial charge in [-0.1, -0.05) is 12.1 Å². The number of carbonyl (C=O) groups excluding carboxylic acids is 1. The number of nitrogens with one attached hydrogen (secondary N) is 1. The van der Waals surface area contributed by atoms with Crippen LogP contribution in [0.25, 0.3) is 0 Å². The Morgan fingerprint density at radius 2 is 1.93 bits per heavy atom. The number of amides is 1. The van der Waals surface area contributed by atoms with Crippen molar-refractivity contribution in [3.63, 3.8) is 0 Å². The monoisotopic (exact) mass is 386 g/mol. The Kier molecular flexibility index (Phi) is 5.21. The van der Waals surface area contributed by atoms with Crippen molar-refractivity contribution in [1.82, 2.24) is 9.78 Å². The van der Waals surface area contributed by atoms with E-state index in [1.165, 1.54) is 24.3 Å². The molecule has 2 aromatic carbocycles. The van der Waals surface area contributed by atoms with Gasteiger partial charge in [0.1, 0.15) is 11.5 Å². The van der Waals surface area contributed by atoms with Crippen LogP contribution >= 0.6 is 0 Å². The SMILES string of the molecule is O=C(Nc1ccc(F)c([N+](=O)[O-])c1)c1ccc(=O)n(Cc2cccc(F)c2)n1. The number of halogens is 2. The highest BCUT2D eigenvalue weighted by atomic mass is 19.1. The molecule has 0 saturated carbocycles. The molecule has 1 N–H and O–H groups in total. The Morgan fingerprint density at radius 1 is 1.14 bits per heavy atom. The minimum Gasteiger partial charge on any atom is -0.320 e. The highest BCUT2D eigenvalue weighted by molar-refractivity contribution is 6.02. The summed E-state index contributed by atoms with van der Waals surface area (Å²) in [5.74, 6) is -2.27. The molecule has 142 valence electrons. The molecular formula is C18H12F2N4O4. The number of nitrogens with zero attached hydrogens (tertiary/aromatic N) is 3. The van der Waals surface area contributed by atoms with Crippen molar-refractivity contribution < 1.29 is 18.5 Å². The Hall–Kier alpha value is -3.95. The zero-order valence-corrected chi connectivity index (χ0v) is 14.1. The number of benzene rings is 2. The first-order valence-corrected chi connectivity index (χ1v) is 7.91. The Labute approximate surface area is 156 Å². The van der Waals surface area contributed by atoms with E-state index >= 15 is 0 Å². The molecule has 0 bridgehead atoms. The molecule has 0 radical (unpaired) electrons. The molecule has 0 aliphatic carbocycles. The van der Waals surface area contributed by atoms with Gasteiger partial charge in [-0.15, -0.1) is 0 Å². The fourth-order valence-corrected chi connectivity index (χ4v) is 2.42. The van der Waals surface area contributed by atoms with Crippen molar-refractivity contribution >= 4 is 17.3 Å². The summed E-state index contributed by atoms with van der Waals surface area (Å²) in [5.41, 5.74) is -0.979. The number of hydrogen-bond acceptors (Lipinski definition) is 5. The van der Waals surface area contributed by atoms with Gasteiger partial charge in [0.15, 0.2) is 0 Å². The lowest BCUT2D eigenvalue weighted by Crippen LogP contribution is -2.26. The van der Waals surface area contributed by atoms with E-state index in [4.69, 9.17) is 0 Å². The maximum Gasteiger partial charge on any atom is 0.306 e. The van der Waals surface area contributed by atoms with Crippen molar-refractivity contribution in [2.45, 2.75) is 6.54 Å². The van der Waals surface area contributed by atoms with Crippen LogP contribution in [0.15, 0.2) is 59.4 Å². The van der Waals surface area contributed by atoms with E-state index in [9.17, 15) is 28.5 Å². The summed E-state index contributed by atoms with van der Waals surface area (Å²) in [7, 11) is 0. The lowest BCUT2D eigenvalue weighted by atomic mass is 10.2. The van der Waals surface area contributed by atoms with E-state index < -0.39 is 33.7 Å². The summed E-state index contributed by atoms with van der Waals surface area (Å²) in [6.45, 7) is -0.0558. The van der Waals surface area contributed by atoms with Gasteiger partial charge in [0.05, 0.1) is 11.5 Å². The highest BCUT2D eigenvalue weighted by Crippen LogP contribution is 2.21. The van der Waals surface area contributed by atoms with Gasteiger partial charge >= 0.3 is 5.69 Å². The fourth-order valence-electron chi connectivity index (χ4n) is 2.42.